The molecular formula is C27H29N5O3. The molecule has 8 nitrogen and oxygen atoms in total. The zero-order valence-electron chi connectivity index (χ0n) is 20.1. The van der Waals surface area contributed by atoms with E-state index in [1.165, 1.54) is 23.8 Å². The molecule has 0 bridgehead atoms. The number of nitrogens with zero attached hydrogens (tertiary/aromatic N) is 5. The maximum atomic E-state index is 12.8. The van der Waals surface area contributed by atoms with Crippen molar-refractivity contribution in [1.29, 1.82) is 0 Å². The first kappa shape index (κ1) is 24.1. The number of aryl methyl sites for hydroxylation is 2. The number of carbonyl (C=O) groups is 1. The van der Waals surface area contributed by atoms with Crippen LogP contribution in [-0.2, 0) is 11.2 Å². The summed E-state index contributed by atoms with van der Waals surface area (Å²) in [6.07, 6.45) is 4.84. The molecule has 0 N–H and O–H groups in total. The fraction of sp³-hybridized carbons (Fsp3) is 0.296. The lowest BCUT2D eigenvalue weighted by Gasteiger charge is -2.26. The van der Waals surface area contributed by atoms with E-state index in [2.05, 4.69) is 22.0 Å². The topological polar surface area (TPSA) is 92.5 Å². The molecule has 1 aliphatic rings. The summed E-state index contributed by atoms with van der Waals surface area (Å²) in [5.74, 6) is 1.64. The Morgan fingerprint density at radius 3 is 2.46 bits per heavy atom. The molecule has 8 heteroatoms. The Bertz CT molecular complexity index is 1230. The molecule has 2 aromatic carbocycles. The van der Waals surface area contributed by atoms with Gasteiger partial charge in [0, 0.05) is 62.1 Å². The fourth-order valence-electron chi connectivity index (χ4n) is 4.32. The number of nitro benzene ring substituents is 1. The number of amides is 1. The van der Waals surface area contributed by atoms with Gasteiger partial charge in [-0.05, 0) is 49.6 Å². The first-order chi connectivity index (χ1) is 16.9. The molecule has 0 atom stereocenters. The van der Waals surface area contributed by atoms with Crippen molar-refractivity contribution in [3.05, 3.63) is 99.0 Å². The van der Waals surface area contributed by atoms with Crippen LogP contribution < -0.4 is 4.90 Å². The summed E-state index contributed by atoms with van der Waals surface area (Å²) >= 11 is 0. The van der Waals surface area contributed by atoms with Gasteiger partial charge < -0.3 is 9.80 Å². The van der Waals surface area contributed by atoms with Crippen LogP contribution in [0.1, 0.15) is 34.6 Å². The standard InChI is InChI=1S/C27H29N5O3/c1-20-25(19-23-7-4-3-5-8-23)27(29-21(2)28-20)31-16-6-15-30(17-18-31)26(33)14-11-22-9-12-24(13-10-22)32(34)35/h3-5,7-14H,6,15-19H2,1-2H3. The van der Waals surface area contributed by atoms with Crippen molar-refractivity contribution in [2.24, 2.45) is 0 Å². The van der Waals surface area contributed by atoms with Crippen molar-refractivity contribution in [2.75, 3.05) is 31.1 Å². The summed E-state index contributed by atoms with van der Waals surface area (Å²) in [6, 6.07) is 16.5. The van der Waals surface area contributed by atoms with Crippen molar-refractivity contribution in [3.63, 3.8) is 0 Å². The van der Waals surface area contributed by atoms with Crippen LogP contribution in [-0.4, -0.2) is 51.9 Å². The van der Waals surface area contributed by atoms with Gasteiger partial charge in [0.1, 0.15) is 11.6 Å². The summed E-state index contributed by atoms with van der Waals surface area (Å²) in [5.41, 5.74) is 4.10. The van der Waals surface area contributed by atoms with Crippen LogP contribution in [0.2, 0.25) is 0 Å². The van der Waals surface area contributed by atoms with Crippen molar-refractivity contribution >= 4 is 23.5 Å². The molecule has 0 unspecified atom stereocenters. The van der Waals surface area contributed by atoms with Gasteiger partial charge in [-0.3, -0.25) is 14.9 Å². The number of non-ortho nitro benzene ring substituents is 1. The van der Waals surface area contributed by atoms with E-state index in [-0.39, 0.29) is 11.6 Å². The molecule has 0 aliphatic carbocycles. The van der Waals surface area contributed by atoms with Crippen LogP contribution in [0.5, 0.6) is 0 Å². The number of anilines is 1. The second-order valence-electron chi connectivity index (χ2n) is 8.67. The van der Waals surface area contributed by atoms with Crippen LogP contribution in [0.3, 0.4) is 0 Å². The molecular weight excluding hydrogens is 442 g/mol. The quantitative estimate of drug-likeness (QED) is 0.302. The summed E-state index contributed by atoms with van der Waals surface area (Å²) in [4.78, 5) is 36.8. The number of aromatic nitrogens is 2. The summed E-state index contributed by atoms with van der Waals surface area (Å²) in [5, 5.41) is 10.8. The van der Waals surface area contributed by atoms with Gasteiger partial charge in [0.25, 0.3) is 5.69 Å². The lowest BCUT2D eigenvalue weighted by atomic mass is 10.0. The molecule has 3 aromatic rings. The Kier molecular flexibility index (Phi) is 7.50. The van der Waals surface area contributed by atoms with Gasteiger partial charge >= 0.3 is 0 Å². The molecule has 0 radical (unpaired) electrons. The zero-order chi connectivity index (χ0) is 24.8. The Hall–Kier alpha value is -4.07. The summed E-state index contributed by atoms with van der Waals surface area (Å²) in [6.45, 7) is 6.71. The highest BCUT2D eigenvalue weighted by atomic mass is 16.6. The third-order valence-electron chi connectivity index (χ3n) is 6.16. The zero-order valence-corrected chi connectivity index (χ0v) is 20.1. The van der Waals surface area contributed by atoms with E-state index >= 15 is 0 Å². The van der Waals surface area contributed by atoms with Crippen LogP contribution in [0.25, 0.3) is 6.08 Å². The number of hydrogen-bond acceptors (Lipinski definition) is 6. The highest BCUT2D eigenvalue weighted by molar-refractivity contribution is 5.91. The number of carbonyl (C=O) groups excluding carboxylic acids is 1. The van der Waals surface area contributed by atoms with Gasteiger partial charge in [0.05, 0.1) is 4.92 Å². The lowest BCUT2D eigenvalue weighted by molar-refractivity contribution is -0.384. The highest BCUT2D eigenvalue weighted by Crippen LogP contribution is 2.25. The Balaban J connectivity index is 1.46. The normalized spacial score (nSPS) is 14.2. The van der Waals surface area contributed by atoms with Gasteiger partial charge in [-0.1, -0.05) is 30.3 Å². The number of nitro groups is 1. The van der Waals surface area contributed by atoms with E-state index in [0.717, 1.165) is 47.8 Å². The Morgan fingerprint density at radius 2 is 1.74 bits per heavy atom. The van der Waals surface area contributed by atoms with Crippen molar-refractivity contribution in [1.82, 2.24) is 14.9 Å². The minimum Gasteiger partial charge on any atom is -0.354 e. The molecule has 4 rings (SSSR count). The first-order valence-electron chi connectivity index (χ1n) is 11.7. The van der Waals surface area contributed by atoms with Crippen LogP contribution in [0.4, 0.5) is 11.5 Å². The van der Waals surface area contributed by atoms with Gasteiger partial charge in [0.15, 0.2) is 0 Å². The first-order valence-corrected chi connectivity index (χ1v) is 11.7. The molecule has 1 aliphatic heterocycles. The van der Waals surface area contributed by atoms with Crippen molar-refractivity contribution in [2.45, 2.75) is 26.7 Å². The Morgan fingerprint density at radius 1 is 1.00 bits per heavy atom. The minimum absolute atomic E-state index is 0.0305. The molecule has 35 heavy (non-hydrogen) atoms. The van der Waals surface area contributed by atoms with E-state index in [0.29, 0.717) is 19.6 Å². The summed E-state index contributed by atoms with van der Waals surface area (Å²) < 4.78 is 0. The third-order valence-corrected chi connectivity index (χ3v) is 6.16. The van der Waals surface area contributed by atoms with E-state index in [9.17, 15) is 14.9 Å². The third kappa shape index (κ3) is 6.09. The smallest absolute Gasteiger partial charge is 0.269 e. The molecule has 0 saturated carbocycles. The molecule has 1 fully saturated rings. The fourth-order valence-corrected chi connectivity index (χ4v) is 4.32. The molecule has 2 heterocycles. The minimum atomic E-state index is -0.437. The van der Waals surface area contributed by atoms with Crippen LogP contribution in [0.15, 0.2) is 60.7 Å². The van der Waals surface area contributed by atoms with E-state index in [1.807, 2.05) is 36.9 Å². The maximum Gasteiger partial charge on any atom is 0.269 e. The predicted octanol–water partition coefficient (Wildman–Crippen LogP) is 4.34. The second kappa shape index (κ2) is 10.9. The number of rotatable bonds is 6. The summed E-state index contributed by atoms with van der Waals surface area (Å²) in [7, 11) is 0. The largest absolute Gasteiger partial charge is 0.354 e. The van der Waals surface area contributed by atoms with Crippen LogP contribution >= 0.6 is 0 Å². The lowest BCUT2D eigenvalue weighted by Crippen LogP contribution is -2.35. The molecule has 0 spiro atoms. The van der Waals surface area contributed by atoms with Gasteiger partial charge in [-0.15, -0.1) is 0 Å². The SMILES string of the molecule is Cc1nc(C)c(Cc2ccccc2)c(N2CCCN(C(=O)C=Cc3ccc([N+](=O)[O-])cc3)CC2)n1. The monoisotopic (exact) mass is 471 g/mol. The van der Waals surface area contributed by atoms with E-state index < -0.39 is 4.92 Å². The van der Waals surface area contributed by atoms with Crippen LogP contribution in [0, 0.1) is 24.0 Å². The predicted molar refractivity (Wildman–Crippen MR) is 136 cm³/mol. The second-order valence-corrected chi connectivity index (χ2v) is 8.67. The van der Waals surface area contributed by atoms with E-state index in [1.54, 1.807) is 18.2 Å². The van der Waals surface area contributed by atoms with Gasteiger partial charge in [0.2, 0.25) is 5.91 Å². The maximum absolute atomic E-state index is 12.8. The highest BCUT2D eigenvalue weighted by Gasteiger charge is 2.22. The van der Waals surface area contributed by atoms with Gasteiger partial charge in [-0.2, -0.15) is 0 Å². The Labute approximate surface area is 205 Å². The molecule has 180 valence electrons. The molecule has 1 aromatic heterocycles. The van der Waals surface area contributed by atoms with E-state index in [4.69, 9.17) is 4.98 Å². The van der Waals surface area contributed by atoms with Crippen molar-refractivity contribution < 1.29 is 9.72 Å². The average molecular weight is 472 g/mol. The van der Waals surface area contributed by atoms with Gasteiger partial charge in [-0.25, -0.2) is 9.97 Å². The molecule has 1 amide bonds. The van der Waals surface area contributed by atoms with Crippen molar-refractivity contribution in [3.8, 4) is 0 Å². The molecule has 1 saturated heterocycles. The number of hydrogen-bond donors (Lipinski definition) is 0. The number of benzene rings is 2. The average Bonchev–Trinajstić information content (AvgIpc) is 3.11.